The molecule has 4 aromatic rings. The van der Waals surface area contributed by atoms with Gasteiger partial charge in [0.05, 0.1) is 6.20 Å². The lowest BCUT2D eigenvalue weighted by atomic mass is 10.1. The maximum Gasteiger partial charge on any atom is 0.356 e. The molecule has 4 rings (SSSR count). The number of nitrogens with zero attached hydrogens (tertiary/aromatic N) is 1. The molecule has 1 atom stereocenters. The topological polar surface area (TPSA) is 107 Å². The van der Waals surface area contributed by atoms with Gasteiger partial charge in [0.15, 0.2) is 0 Å². The number of nitrogens with two attached hydrogens (primary N) is 1. The number of aromatic nitrogens is 2. The van der Waals surface area contributed by atoms with Gasteiger partial charge in [0.2, 0.25) is 0 Å². The van der Waals surface area contributed by atoms with Crippen molar-refractivity contribution in [2.75, 3.05) is 0 Å². The van der Waals surface area contributed by atoms with Crippen LogP contribution >= 0.6 is 7.37 Å². The SMILES string of the molecule is Cc1ccc(-c2ncc(C(=O)OCc3ccc(P(=O)(ON)c4ccccc4)cc3)[nH]2)cc1. The zero-order chi connectivity index (χ0) is 22.6. The Morgan fingerprint density at radius 3 is 2.28 bits per heavy atom. The van der Waals surface area contributed by atoms with E-state index in [2.05, 4.69) is 9.97 Å². The van der Waals surface area contributed by atoms with E-state index in [0.717, 1.165) is 16.7 Å². The Labute approximate surface area is 185 Å². The number of benzene rings is 3. The molecule has 0 aliphatic heterocycles. The quantitative estimate of drug-likeness (QED) is 0.253. The number of hydrogen-bond donors (Lipinski definition) is 2. The summed E-state index contributed by atoms with van der Waals surface area (Å²) in [5, 5.41) is 0.961. The molecule has 32 heavy (non-hydrogen) atoms. The highest BCUT2D eigenvalue weighted by atomic mass is 31.2. The highest BCUT2D eigenvalue weighted by molar-refractivity contribution is 7.74. The predicted molar refractivity (Wildman–Crippen MR) is 123 cm³/mol. The Bertz CT molecular complexity index is 1250. The summed E-state index contributed by atoms with van der Waals surface area (Å²) in [6.07, 6.45) is 1.45. The average molecular weight is 447 g/mol. The van der Waals surface area contributed by atoms with Crippen LogP contribution in [0.4, 0.5) is 0 Å². The van der Waals surface area contributed by atoms with Gasteiger partial charge >= 0.3 is 5.97 Å². The van der Waals surface area contributed by atoms with Crippen LogP contribution in [0.15, 0.2) is 85.1 Å². The number of imidazole rings is 1. The van der Waals surface area contributed by atoms with Gasteiger partial charge in [0.25, 0.3) is 7.37 Å². The van der Waals surface area contributed by atoms with E-state index in [-0.39, 0.29) is 12.3 Å². The number of ether oxygens (including phenoxy) is 1. The third-order valence-electron chi connectivity index (χ3n) is 5.01. The Balaban J connectivity index is 1.42. The second-order valence-corrected chi connectivity index (χ2v) is 9.59. The summed E-state index contributed by atoms with van der Waals surface area (Å²) >= 11 is 0. The van der Waals surface area contributed by atoms with Crippen molar-refractivity contribution in [1.82, 2.24) is 9.97 Å². The van der Waals surface area contributed by atoms with Crippen LogP contribution in [0.5, 0.6) is 0 Å². The minimum absolute atomic E-state index is 0.0527. The van der Waals surface area contributed by atoms with Gasteiger partial charge in [-0.3, -0.25) is 4.57 Å². The maximum atomic E-state index is 13.2. The monoisotopic (exact) mass is 447 g/mol. The lowest BCUT2D eigenvalue weighted by molar-refractivity contribution is 0.0466. The Morgan fingerprint density at radius 2 is 1.62 bits per heavy atom. The lowest BCUT2D eigenvalue weighted by Crippen LogP contribution is -2.20. The highest BCUT2D eigenvalue weighted by Crippen LogP contribution is 2.42. The first-order chi connectivity index (χ1) is 15.5. The number of aromatic amines is 1. The zero-order valence-electron chi connectivity index (χ0n) is 17.4. The normalized spacial score (nSPS) is 12.8. The van der Waals surface area contributed by atoms with Gasteiger partial charge in [-0.2, -0.15) is 0 Å². The molecule has 0 fully saturated rings. The van der Waals surface area contributed by atoms with Crippen molar-refractivity contribution in [3.63, 3.8) is 0 Å². The fourth-order valence-electron chi connectivity index (χ4n) is 3.19. The Morgan fingerprint density at radius 1 is 0.969 bits per heavy atom. The molecule has 0 spiro atoms. The summed E-state index contributed by atoms with van der Waals surface area (Å²) in [5.74, 6) is 5.46. The van der Waals surface area contributed by atoms with E-state index < -0.39 is 13.3 Å². The van der Waals surface area contributed by atoms with Gasteiger partial charge < -0.3 is 9.72 Å². The average Bonchev–Trinajstić information content (AvgIpc) is 3.34. The number of H-pyrrole nitrogens is 1. The van der Waals surface area contributed by atoms with Crippen LogP contribution in [-0.4, -0.2) is 15.9 Å². The van der Waals surface area contributed by atoms with E-state index >= 15 is 0 Å². The first-order valence-corrected chi connectivity index (χ1v) is 11.5. The number of carbonyl (C=O) groups excluding carboxylic acids is 1. The van der Waals surface area contributed by atoms with Crippen LogP contribution in [0, 0.1) is 6.92 Å². The molecule has 0 bridgehead atoms. The molecule has 0 aliphatic carbocycles. The van der Waals surface area contributed by atoms with E-state index in [1.807, 2.05) is 37.3 Å². The second kappa shape index (κ2) is 9.32. The Kier molecular flexibility index (Phi) is 6.32. The molecule has 8 heteroatoms. The summed E-state index contributed by atoms with van der Waals surface area (Å²) in [6.45, 7) is 2.06. The molecular formula is C24H22N3O4P. The van der Waals surface area contributed by atoms with Gasteiger partial charge in [0, 0.05) is 16.2 Å². The van der Waals surface area contributed by atoms with Crippen molar-refractivity contribution in [1.29, 1.82) is 0 Å². The molecule has 7 nitrogen and oxygen atoms in total. The fraction of sp³-hybridized carbons (Fsp3) is 0.0833. The molecule has 0 aliphatic rings. The Hall–Kier alpha value is -3.51. The molecule has 0 saturated heterocycles. The molecule has 0 saturated carbocycles. The summed E-state index contributed by atoms with van der Waals surface area (Å²) in [6, 6.07) is 23.4. The third-order valence-corrected chi connectivity index (χ3v) is 7.26. The van der Waals surface area contributed by atoms with E-state index in [1.54, 1.807) is 48.5 Å². The molecule has 1 heterocycles. The van der Waals surface area contributed by atoms with Gasteiger partial charge in [0.1, 0.15) is 18.1 Å². The number of aryl methyl sites for hydroxylation is 1. The summed E-state index contributed by atoms with van der Waals surface area (Å²) in [7, 11) is -3.38. The van der Waals surface area contributed by atoms with Crippen LogP contribution < -0.4 is 16.5 Å². The predicted octanol–water partition coefficient (Wildman–Crippen LogP) is 3.86. The first kappa shape index (κ1) is 21.7. The smallest absolute Gasteiger partial charge is 0.356 e. The van der Waals surface area contributed by atoms with E-state index in [0.29, 0.717) is 16.4 Å². The molecule has 1 unspecified atom stereocenters. The van der Waals surface area contributed by atoms with Crippen LogP contribution in [0.25, 0.3) is 11.4 Å². The first-order valence-electron chi connectivity index (χ1n) is 9.92. The van der Waals surface area contributed by atoms with E-state index in [9.17, 15) is 9.36 Å². The van der Waals surface area contributed by atoms with Crippen molar-refractivity contribution in [2.45, 2.75) is 13.5 Å². The number of carbonyl (C=O) groups is 1. The molecule has 1 aromatic heterocycles. The fourth-order valence-corrected chi connectivity index (χ4v) is 4.84. The van der Waals surface area contributed by atoms with E-state index in [1.165, 1.54) is 6.20 Å². The van der Waals surface area contributed by atoms with Crippen molar-refractivity contribution in [3.8, 4) is 11.4 Å². The molecule has 162 valence electrons. The molecular weight excluding hydrogens is 425 g/mol. The van der Waals surface area contributed by atoms with Crippen LogP contribution in [0.1, 0.15) is 21.6 Å². The molecule has 3 aromatic carbocycles. The van der Waals surface area contributed by atoms with Gasteiger partial charge in [-0.1, -0.05) is 60.2 Å². The van der Waals surface area contributed by atoms with Crippen molar-refractivity contribution >= 4 is 23.9 Å². The van der Waals surface area contributed by atoms with Gasteiger partial charge in [-0.15, -0.1) is 0 Å². The molecule has 0 amide bonds. The summed E-state index contributed by atoms with van der Waals surface area (Å²) < 4.78 is 23.5. The van der Waals surface area contributed by atoms with Crippen LogP contribution in [0.3, 0.4) is 0 Å². The number of esters is 1. The number of rotatable bonds is 7. The highest BCUT2D eigenvalue weighted by Gasteiger charge is 2.27. The van der Waals surface area contributed by atoms with Crippen molar-refractivity contribution < 1.29 is 18.7 Å². The number of hydrogen-bond acceptors (Lipinski definition) is 6. The van der Waals surface area contributed by atoms with Crippen molar-refractivity contribution in [2.24, 2.45) is 5.90 Å². The van der Waals surface area contributed by atoms with Gasteiger partial charge in [-0.05, 0) is 36.8 Å². The second-order valence-electron chi connectivity index (χ2n) is 7.25. The standard InChI is InChI=1S/C24H22N3O4P/c1-17-7-11-19(12-8-17)23-26-15-22(27-23)24(28)30-16-18-9-13-21(14-10-18)32(29,31-25)20-5-3-2-4-6-20/h2-15H,16,25H2,1H3,(H,26,27). The maximum absolute atomic E-state index is 13.2. The van der Waals surface area contributed by atoms with Gasteiger partial charge in [-0.25, -0.2) is 20.3 Å². The van der Waals surface area contributed by atoms with Crippen LogP contribution in [-0.2, 0) is 20.5 Å². The minimum atomic E-state index is -3.38. The van der Waals surface area contributed by atoms with Crippen molar-refractivity contribution in [3.05, 3.63) is 102 Å². The minimum Gasteiger partial charge on any atom is -0.456 e. The van der Waals surface area contributed by atoms with Crippen LogP contribution in [0.2, 0.25) is 0 Å². The van der Waals surface area contributed by atoms with E-state index in [4.69, 9.17) is 15.3 Å². The number of nitrogens with one attached hydrogen (secondary N) is 1. The third kappa shape index (κ3) is 4.55. The molecule has 3 N–H and O–H groups in total. The summed E-state index contributed by atoms with van der Waals surface area (Å²) in [4.78, 5) is 19.6. The lowest BCUT2D eigenvalue weighted by Gasteiger charge is -2.16. The molecule has 0 radical (unpaired) electrons. The summed E-state index contributed by atoms with van der Waals surface area (Å²) in [5.41, 5.74) is 3.03. The largest absolute Gasteiger partial charge is 0.456 e. The zero-order valence-corrected chi connectivity index (χ0v) is 18.3.